The Balaban J connectivity index is 2.17. The molecule has 2 rings (SSSR count). The summed E-state index contributed by atoms with van der Waals surface area (Å²) in [4.78, 5) is 27.9. The zero-order valence-corrected chi connectivity index (χ0v) is 13.0. The van der Waals surface area contributed by atoms with Gasteiger partial charge in [0.1, 0.15) is 6.54 Å². The van der Waals surface area contributed by atoms with Gasteiger partial charge in [0.2, 0.25) is 5.91 Å². The lowest BCUT2D eigenvalue weighted by molar-refractivity contribution is -0.129. The van der Waals surface area contributed by atoms with Crippen molar-refractivity contribution in [3.8, 4) is 0 Å². The van der Waals surface area contributed by atoms with E-state index in [1.165, 1.54) is 0 Å². The van der Waals surface area contributed by atoms with Gasteiger partial charge in [-0.05, 0) is 44.0 Å². The maximum absolute atomic E-state index is 12.6. The molecular formula is C16H23N3O2. The van der Waals surface area contributed by atoms with Crippen LogP contribution >= 0.6 is 0 Å². The number of anilines is 1. The number of nitrogens with zero attached hydrogens (tertiary/aromatic N) is 2. The monoisotopic (exact) mass is 289 g/mol. The highest BCUT2D eigenvalue weighted by molar-refractivity contribution is 5.98. The fourth-order valence-electron chi connectivity index (χ4n) is 2.55. The number of aryl methyl sites for hydroxylation is 1. The Morgan fingerprint density at radius 3 is 2.76 bits per heavy atom. The average molecular weight is 289 g/mol. The van der Waals surface area contributed by atoms with Gasteiger partial charge in [0, 0.05) is 37.9 Å². The number of hydrogen-bond acceptors (Lipinski definition) is 3. The molecule has 1 heterocycles. The number of carbonyl (C=O) groups is 2. The average Bonchev–Trinajstić information content (AvgIpc) is 2.61. The van der Waals surface area contributed by atoms with Crippen LogP contribution in [0, 0.1) is 6.92 Å². The number of amides is 2. The summed E-state index contributed by atoms with van der Waals surface area (Å²) in [6.45, 7) is 6.32. The molecule has 1 aromatic carbocycles. The van der Waals surface area contributed by atoms with Crippen molar-refractivity contribution in [3.05, 3.63) is 29.3 Å². The van der Waals surface area contributed by atoms with Gasteiger partial charge in [-0.2, -0.15) is 0 Å². The van der Waals surface area contributed by atoms with Crippen LogP contribution in [0.3, 0.4) is 0 Å². The molecule has 5 heteroatoms. The second-order valence-corrected chi connectivity index (χ2v) is 5.46. The molecule has 0 bridgehead atoms. The molecule has 1 fully saturated rings. The summed E-state index contributed by atoms with van der Waals surface area (Å²) in [6, 6.07) is 5.73. The van der Waals surface area contributed by atoms with Crippen molar-refractivity contribution in [1.82, 2.24) is 9.80 Å². The molecule has 0 unspecified atom stereocenters. The van der Waals surface area contributed by atoms with E-state index in [1.54, 1.807) is 16.8 Å². The van der Waals surface area contributed by atoms with E-state index in [-0.39, 0.29) is 18.4 Å². The first-order valence-electron chi connectivity index (χ1n) is 7.40. The highest BCUT2D eigenvalue weighted by atomic mass is 16.2. The number of carbonyl (C=O) groups excluding carboxylic acids is 2. The topological polar surface area (TPSA) is 52.7 Å². The summed E-state index contributed by atoms with van der Waals surface area (Å²) in [5.74, 6) is -0.0537. The van der Waals surface area contributed by atoms with Crippen molar-refractivity contribution >= 4 is 17.5 Å². The standard InChI is InChI=1S/C16H23N3O2/c1-4-17-13-6-7-14(12(2)10-13)16(21)19-9-5-8-18(3)15(20)11-19/h6-7,10,17H,4-5,8-9,11H2,1-3H3. The normalized spacial score (nSPS) is 15.9. The molecule has 21 heavy (non-hydrogen) atoms. The molecule has 1 aromatic rings. The Bertz CT molecular complexity index is 542. The van der Waals surface area contributed by atoms with E-state index in [4.69, 9.17) is 0 Å². The Labute approximate surface area is 125 Å². The first kappa shape index (κ1) is 15.4. The van der Waals surface area contributed by atoms with E-state index < -0.39 is 0 Å². The van der Waals surface area contributed by atoms with Crippen LogP contribution in [0.15, 0.2) is 18.2 Å². The summed E-state index contributed by atoms with van der Waals surface area (Å²) in [6.07, 6.45) is 0.822. The molecule has 1 saturated heterocycles. The van der Waals surface area contributed by atoms with Gasteiger partial charge in [0.25, 0.3) is 5.91 Å². The van der Waals surface area contributed by atoms with Crippen LogP contribution in [-0.4, -0.2) is 54.8 Å². The smallest absolute Gasteiger partial charge is 0.254 e. The summed E-state index contributed by atoms with van der Waals surface area (Å²) in [5, 5.41) is 3.23. The summed E-state index contributed by atoms with van der Waals surface area (Å²) >= 11 is 0. The molecule has 5 nitrogen and oxygen atoms in total. The molecule has 1 aliphatic heterocycles. The fourth-order valence-corrected chi connectivity index (χ4v) is 2.55. The van der Waals surface area contributed by atoms with Gasteiger partial charge in [-0.1, -0.05) is 0 Å². The molecule has 1 aliphatic rings. The van der Waals surface area contributed by atoms with Gasteiger partial charge >= 0.3 is 0 Å². The number of hydrogen-bond donors (Lipinski definition) is 1. The van der Waals surface area contributed by atoms with E-state index in [0.29, 0.717) is 18.7 Å². The molecule has 0 aliphatic carbocycles. The number of benzene rings is 1. The maximum atomic E-state index is 12.6. The first-order chi connectivity index (χ1) is 10.0. The van der Waals surface area contributed by atoms with Gasteiger partial charge in [-0.3, -0.25) is 9.59 Å². The fraction of sp³-hybridized carbons (Fsp3) is 0.500. The summed E-state index contributed by atoms with van der Waals surface area (Å²) in [5.41, 5.74) is 2.62. The quantitative estimate of drug-likeness (QED) is 0.922. The first-order valence-corrected chi connectivity index (χ1v) is 7.40. The van der Waals surface area contributed by atoms with Crippen molar-refractivity contribution in [3.63, 3.8) is 0 Å². The van der Waals surface area contributed by atoms with Gasteiger partial charge in [-0.25, -0.2) is 0 Å². The molecule has 0 saturated carbocycles. The van der Waals surface area contributed by atoms with Gasteiger partial charge < -0.3 is 15.1 Å². The third kappa shape index (κ3) is 3.54. The molecule has 0 spiro atoms. The number of likely N-dealkylation sites (N-methyl/N-ethyl adjacent to an activating group) is 1. The van der Waals surface area contributed by atoms with Crippen molar-refractivity contribution in [2.75, 3.05) is 38.5 Å². The molecule has 0 radical (unpaired) electrons. The maximum Gasteiger partial charge on any atom is 0.254 e. The van der Waals surface area contributed by atoms with E-state index in [9.17, 15) is 9.59 Å². The predicted octanol–water partition coefficient (Wildman–Crippen LogP) is 1.73. The zero-order chi connectivity index (χ0) is 15.4. The van der Waals surface area contributed by atoms with Crippen LogP contribution in [0.4, 0.5) is 5.69 Å². The van der Waals surface area contributed by atoms with Crippen LogP contribution in [0.5, 0.6) is 0 Å². The molecule has 114 valence electrons. The summed E-state index contributed by atoms with van der Waals surface area (Å²) in [7, 11) is 1.78. The minimum absolute atomic E-state index is 0.00257. The molecule has 1 N–H and O–H groups in total. The van der Waals surface area contributed by atoms with Crippen LogP contribution in [0.1, 0.15) is 29.3 Å². The van der Waals surface area contributed by atoms with Crippen LogP contribution < -0.4 is 5.32 Å². The Morgan fingerprint density at radius 2 is 2.10 bits per heavy atom. The third-order valence-electron chi connectivity index (χ3n) is 3.80. The van der Waals surface area contributed by atoms with E-state index in [2.05, 4.69) is 5.32 Å². The van der Waals surface area contributed by atoms with E-state index in [0.717, 1.165) is 24.2 Å². The minimum Gasteiger partial charge on any atom is -0.385 e. The molecule has 2 amide bonds. The predicted molar refractivity (Wildman–Crippen MR) is 83.5 cm³/mol. The lowest BCUT2D eigenvalue weighted by atomic mass is 10.1. The molecular weight excluding hydrogens is 266 g/mol. The third-order valence-corrected chi connectivity index (χ3v) is 3.80. The van der Waals surface area contributed by atoms with Crippen LogP contribution in [-0.2, 0) is 4.79 Å². The second-order valence-electron chi connectivity index (χ2n) is 5.46. The highest BCUT2D eigenvalue weighted by Crippen LogP contribution is 2.18. The lowest BCUT2D eigenvalue weighted by Crippen LogP contribution is -2.38. The molecule has 0 atom stereocenters. The van der Waals surface area contributed by atoms with Crippen LogP contribution in [0.25, 0.3) is 0 Å². The summed E-state index contributed by atoms with van der Waals surface area (Å²) < 4.78 is 0. The lowest BCUT2D eigenvalue weighted by Gasteiger charge is -2.21. The van der Waals surface area contributed by atoms with Gasteiger partial charge in [0.15, 0.2) is 0 Å². The van der Waals surface area contributed by atoms with Crippen LogP contribution in [0.2, 0.25) is 0 Å². The number of nitrogens with one attached hydrogen (secondary N) is 1. The van der Waals surface area contributed by atoms with Gasteiger partial charge in [0.05, 0.1) is 0 Å². The Kier molecular flexibility index (Phi) is 4.83. The number of rotatable bonds is 3. The largest absolute Gasteiger partial charge is 0.385 e. The minimum atomic E-state index is -0.0563. The van der Waals surface area contributed by atoms with Gasteiger partial charge in [-0.15, -0.1) is 0 Å². The van der Waals surface area contributed by atoms with Crippen molar-refractivity contribution < 1.29 is 9.59 Å². The van der Waals surface area contributed by atoms with E-state index >= 15 is 0 Å². The van der Waals surface area contributed by atoms with E-state index in [1.807, 2.05) is 32.0 Å². The Hall–Kier alpha value is -2.04. The SMILES string of the molecule is CCNc1ccc(C(=O)N2CCCN(C)C(=O)C2)c(C)c1. The second kappa shape index (κ2) is 6.61. The Morgan fingerprint density at radius 1 is 1.33 bits per heavy atom. The zero-order valence-electron chi connectivity index (χ0n) is 13.0. The van der Waals surface area contributed by atoms with Crippen molar-refractivity contribution in [1.29, 1.82) is 0 Å². The highest BCUT2D eigenvalue weighted by Gasteiger charge is 2.24. The molecule has 0 aromatic heterocycles. The van der Waals surface area contributed by atoms with Crippen molar-refractivity contribution in [2.24, 2.45) is 0 Å². The van der Waals surface area contributed by atoms with Crippen molar-refractivity contribution in [2.45, 2.75) is 20.3 Å².